The van der Waals surface area contributed by atoms with Gasteiger partial charge in [0.2, 0.25) is 5.91 Å². The molecule has 1 N–H and O–H groups in total. The Morgan fingerprint density at radius 1 is 1.00 bits per heavy atom. The SMILES string of the molecule is O=C(Cc1ccccc1)Nc1ccccc1-n1cccn1. The maximum atomic E-state index is 12.2. The highest BCUT2D eigenvalue weighted by Gasteiger charge is 2.08. The van der Waals surface area contributed by atoms with Crippen molar-refractivity contribution in [3.63, 3.8) is 0 Å². The monoisotopic (exact) mass is 277 g/mol. The fourth-order valence-electron chi connectivity index (χ4n) is 2.17. The number of aromatic nitrogens is 2. The third-order valence-corrected chi connectivity index (χ3v) is 3.14. The quantitative estimate of drug-likeness (QED) is 0.796. The first kappa shape index (κ1) is 13.1. The molecule has 0 radical (unpaired) electrons. The van der Waals surface area contributed by atoms with E-state index in [2.05, 4.69) is 10.4 Å². The van der Waals surface area contributed by atoms with Crippen molar-refractivity contribution in [3.05, 3.63) is 78.6 Å². The van der Waals surface area contributed by atoms with E-state index in [9.17, 15) is 4.79 Å². The molecule has 21 heavy (non-hydrogen) atoms. The number of rotatable bonds is 4. The molecule has 1 amide bonds. The Balaban J connectivity index is 1.78. The fourth-order valence-corrected chi connectivity index (χ4v) is 2.17. The Labute approximate surface area is 123 Å². The van der Waals surface area contributed by atoms with Gasteiger partial charge >= 0.3 is 0 Å². The first-order chi connectivity index (χ1) is 10.3. The number of para-hydroxylation sites is 2. The number of nitrogens with zero attached hydrogens (tertiary/aromatic N) is 2. The van der Waals surface area contributed by atoms with Crippen LogP contribution in [0.3, 0.4) is 0 Å². The van der Waals surface area contributed by atoms with Gasteiger partial charge in [-0.25, -0.2) is 4.68 Å². The molecule has 1 heterocycles. The van der Waals surface area contributed by atoms with Crippen LogP contribution in [0.25, 0.3) is 5.69 Å². The number of anilines is 1. The summed E-state index contributed by atoms with van der Waals surface area (Å²) in [5.41, 5.74) is 2.60. The second-order valence-electron chi connectivity index (χ2n) is 4.68. The molecule has 0 saturated heterocycles. The van der Waals surface area contributed by atoms with E-state index in [0.717, 1.165) is 16.9 Å². The number of nitrogens with one attached hydrogen (secondary N) is 1. The molecule has 0 atom stereocenters. The van der Waals surface area contributed by atoms with Gasteiger partial charge in [-0.1, -0.05) is 42.5 Å². The number of carbonyl (C=O) groups excluding carboxylic acids is 1. The largest absolute Gasteiger partial charge is 0.324 e. The highest BCUT2D eigenvalue weighted by Crippen LogP contribution is 2.19. The molecule has 0 spiro atoms. The summed E-state index contributed by atoms with van der Waals surface area (Å²) in [5.74, 6) is -0.0409. The highest BCUT2D eigenvalue weighted by atomic mass is 16.1. The van der Waals surface area contributed by atoms with Crippen LogP contribution in [0.1, 0.15) is 5.56 Å². The lowest BCUT2D eigenvalue weighted by Crippen LogP contribution is -2.16. The smallest absolute Gasteiger partial charge is 0.228 e. The normalized spacial score (nSPS) is 10.3. The summed E-state index contributed by atoms with van der Waals surface area (Å²) < 4.78 is 1.73. The average molecular weight is 277 g/mol. The Morgan fingerprint density at radius 2 is 1.76 bits per heavy atom. The van der Waals surface area contributed by atoms with Crippen molar-refractivity contribution in [2.75, 3.05) is 5.32 Å². The van der Waals surface area contributed by atoms with E-state index in [-0.39, 0.29) is 5.91 Å². The number of hydrogen-bond donors (Lipinski definition) is 1. The minimum Gasteiger partial charge on any atom is -0.324 e. The summed E-state index contributed by atoms with van der Waals surface area (Å²) in [4.78, 5) is 12.2. The van der Waals surface area contributed by atoms with Crippen molar-refractivity contribution in [1.82, 2.24) is 9.78 Å². The lowest BCUT2D eigenvalue weighted by Gasteiger charge is -2.11. The van der Waals surface area contributed by atoms with Gasteiger partial charge in [-0.2, -0.15) is 5.10 Å². The van der Waals surface area contributed by atoms with Crippen LogP contribution in [0.15, 0.2) is 73.1 Å². The molecule has 0 aliphatic carbocycles. The molecule has 0 saturated carbocycles. The van der Waals surface area contributed by atoms with Gasteiger partial charge in [0.05, 0.1) is 17.8 Å². The van der Waals surface area contributed by atoms with Crippen LogP contribution >= 0.6 is 0 Å². The fraction of sp³-hybridized carbons (Fsp3) is 0.0588. The molecule has 4 nitrogen and oxygen atoms in total. The van der Waals surface area contributed by atoms with Crippen LogP contribution < -0.4 is 5.32 Å². The Kier molecular flexibility index (Phi) is 3.78. The summed E-state index contributed by atoms with van der Waals surface area (Å²) in [5, 5.41) is 7.15. The second-order valence-corrected chi connectivity index (χ2v) is 4.68. The Bertz CT molecular complexity index is 721. The van der Waals surface area contributed by atoms with E-state index in [0.29, 0.717) is 6.42 Å². The molecular formula is C17H15N3O. The van der Waals surface area contributed by atoms with Gasteiger partial charge in [0.15, 0.2) is 0 Å². The number of benzene rings is 2. The predicted octanol–water partition coefficient (Wildman–Crippen LogP) is 3.05. The number of hydrogen-bond acceptors (Lipinski definition) is 2. The molecule has 1 aromatic heterocycles. The first-order valence-electron chi connectivity index (χ1n) is 6.76. The molecule has 3 rings (SSSR count). The molecule has 0 fully saturated rings. The van der Waals surface area contributed by atoms with Crippen molar-refractivity contribution >= 4 is 11.6 Å². The van der Waals surface area contributed by atoms with Gasteiger partial charge < -0.3 is 5.32 Å². The maximum Gasteiger partial charge on any atom is 0.228 e. The van der Waals surface area contributed by atoms with Crippen LogP contribution in [0.2, 0.25) is 0 Å². The molecule has 104 valence electrons. The van der Waals surface area contributed by atoms with Crippen LogP contribution in [0.5, 0.6) is 0 Å². The van der Waals surface area contributed by atoms with Gasteiger partial charge in [0.25, 0.3) is 0 Å². The summed E-state index contributed by atoms with van der Waals surface area (Å²) in [6, 6.07) is 19.1. The molecule has 3 aromatic rings. The zero-order valence-electron chi connectivity index (χ0n) is 11.4. The molecule has 2 aromatic carbocycles. The number of amides is 1. The molecule has 4 heteroatoms. The average Bonchev–Trinajstić information content (AvgIpc) is 3.03. The summed E-state index contributed by atoms with van der Waals surface area (Å²) in [7, 11) is 0. The van der Waals surface area contributed by atoms with E-state index < -0.39 is 0 Å². The van der Waals surface area contributed by atoms with E-state index in [1.54, 1.807) is 10.9 Å². The highest BCUT2D eigenvalue weighted by molar-refractivity contribution is 5.94. The summed E-state index contributed by atoms with van der Waals surface area (Å²) in [6.07, 6.45) is 3.92. The van der Waals surface area contributed by atoms with E-state index in [4.69, 9.17) is 0 Å². The third kappa shape index (κ3) is 3.17. The zero-order chi connectivity index (χ0) is 14.5. The second kappa shape index (κ2) is 6.05. The third-order valence-electron chi connectivity index (χ3n) is 3.14. The van der Waals surface area contributed by atoms with Gasteiger partial charge in [0.1, 0.15) is 0 Å². The minimum atomic E-state index is -0.0409. The topological polar surface area (TPSA) is 46.9 Å². The van der Waals surface area contributed by atoms with E-state index >= 15 is 0 Å². The van der Waals surface area contributed by atoms with E-state index in [1.165, 1.54) is 0 Å². The van der Waals surface area contributed by atoms with Crippen molar-refractivity contribution < 1.29 is 4.79 Å². The minimum absolute atomic E-state index is 0.0409. The summed E-state index contributed by atoms with van der Waals surface area (Å²) in [6.45, 7) is 0. The Hall–Kier alpha value is -2.88. The van der Waals surface area contributed by atoms with Crippen LogP contribution in [0.4, 0.5) is 5.69 Å². The van der Waals surface area contributed by atoms with Crippen molar-refractivity contribution in [1.29, 1.82) is 0 Å². The lowest BCUT2D eigenvalue weighted by molar-refractivity contribution is -0.115. The van der Waals surface area contributed by atoms with Crippen molar-refractivity contribution in [2.24, 2.45) is 0 Å². The first-order valence-corrected chi connectivity index (χ1v) is 6.76. The van der Waals surface area contributed by atoms with Gasteiger partial charge in [-0.05, 0) is 23.8 Å². The van der Waals surface area contributed by atoms with Crippen molar-refractivity contribution in [2.45, 2.75) is 6.42 Å². The van der Waals surface area contributed by atoms with Crippen LogP contribution in [-0.4, -0.2) is 15.7 Å². The zero-order valence-corrected chi connectivity index (χ0v) is 11.4. The molecule has 0 bridgehead atoms. The lowest BCUT2D eigenvalue weighted by atomic mass is 10.1. The molecular weight excluding hydrogens is 262 g/mol. The van der Waals surface area contributed by atoms with Crippen LogP contribution in [0, 0.1) is 0 Å². The van der Waals surface area contributed by atoms with Gasteiger partial charge in [0, 0.05) is 12.4 Å². The standard InChI is InChI=1S/C17H15N3O/c21-17(13-14-7-2-1-3-8-14)19-15-9-4-5-10-16(15)20-12-6-11-18-20/h1-12H,13H2,(H,19,21). The maximum absolute atomic E-state index is 12.2. The Morgan fingerprint density at radius 3 is 2.52 bits per heavy atom. The van der Waals surface area contributed by atoms with Crippen LogP contribution in [-0.2, 0) is 11.2 Å². The van der Waals surface area contributed by atoms with Crippen molar-refractivity contribution in [3.8, 4) is 5.69 Å². The molecule has 0 aliphatic rings. The van der Waals surface area contributed by atoms with Gasteiger partial charge in [-0.15, -0.1) is 0 Å². The van der Waals surface area contributed by atoms with E-state index in [1.807, 2.05) is 66.9 Å². The summed E-state index contributed by atoms with van der Waals surface area (Å²) >= 11 is 0. The number of carbonyl (C=O) groups is 1. The molecule has 0 aliphatic heterocycles. The van der Waals surface area contributed by atoms with Gasteiger partial charge in [-0.3, -0.25) is 4.79 Å². The molecule has 0 unspecified atom stereocenters. The predicted molar refractivity (Wildman–Crippen MR) is 82.3 cm³/mol.